The van der Waals surface area contributed by atoms with Gasteiger partial charge >= 0.3 is 19.8 Å². The van der Waals surface area contributed by atoms with Crippen molar-refractivity contribution in [3.63, 3.8) is 0 Å². The van der Waals surface area contributed by atoms with E-state index in [1.807, 2.05) is 0 Å². The fourth-order valence-electron chi connectivity index (χ4n) is 6.37. The molecule has 57 heavy (non-hydrogen) atoms. The zero-order chi connectivity index (χ0) is 42.2. The van der Waals surface area contributed by atoms with Gasteiger partial charge in [-0.15, -0.1) is 0 Å². The first-order chi connectivity index (χ1) is 27.4. The van der Waals surface area contributed by atoms with E-state index in [1.165, 1.54) is 44.9 Å². The molecule has 0 heterocycles. The van der Waals surface area contributed by atoms with Crippen LogP contribution < -0.4 is 0 Å². The summed E-state index contributed by atoms with van der Waals surface area (Å²) in [5.41, 5.74) is 0. The minimum Gasteiger partial charge on any atom is -0.462 e. The van der Waals surface area contributed by atoms with Crippen molar-refractivity contribution in [2.24, 2.45) is 0 Å². The normalized spacial score (nSPS) is 23.0. The summed E-state index contributed by atoms with van der Waals surface area (Å²) < 4.78 is 33.4. The van der Waals surface area contributed by atoms with Crippen LogP contribution in [0.15, 0.2) is 36.5 Å². The Labute approximate surface area is 342 Å². The van der Waals surface area contributed by atoms with Crippen molar-refractivity contribution in [2.75, 3.05) is 13.2 Å². The molecule has 0 spiro atoms. The van der Waals surface area contributed by atoms with Crippen molar-refractivity contribution in [1.29, 1.82) is 0 Å². The summed E-state index contributed by atoms with van der Waals surface area (Å²) in [6.45, 7) is 3.22. The lowest BCUT2D eigenvalue weighted by atomic mass is 9.85. The van der Waals surface area contributed by atoms with Crippen LogP contribution in [0.2, 0.25) is 0 Å². The van der Waals surface area contributed by atoms with Gasteiger partial charge in [0.25, 0.3) is 0 Å². The van der Waals surface area contributed by atoms with E-state index in [0.29, 0.717) is 12.8 Å². The SMILES string of the molecule is CCCCC/C=C/C/C=C/CCCCCCCC(=O)O[C@H](COC(=O)CCCCCCC/C=C/CCCCCC)COP(=O)(O)OC1C(O)C(O)C(O)[C@@H](O)C1O. The number of rotatable bonds is 35. The van der Waals surface area contributed by atoms with Crippen LogP contribution in [0.25, 0.3) is 0 Å². The summed E-state index contributed by atoms with van der Waals surface area (Å²) in [7, 11) is -5.12. The van der Waals surface area contributed by atoms with Crippen LogP contribution in [0.4, 0.5) is 0 Å². The summed E-state index contributed by atoms with van der Waals surface area (Å²) in [6.07, 6.45) is 23.4. The highest BCUT2D eigenvalue weighted by molar-refractivity contribution is 7.47. The Morgan fingerprint density at radius 3 is 1.47 bits per heavy atom. The van der Waals surface area contributed by atoms with Crippen LogP contribution in [0, 0.1) is 0 Å². The number of hydrogen-bond donors (Lipinski definition) is 6. The van der Waals surface area contributed by atoms with Crippen LogP contribution in [0.3, 0.4) is 0 Å². The maximum Gasteiger partial charge on any atom is 0.472 e. The first-order valence-corrected chi connectivity index (χ1v) is 23.3. The van der Waals surface area contributed by atoms with E-state index in [2.05, 4.69) is 50.3 Å². The number of allylic oxidation sites excluding steroid dienone is 6. The minimum atomic E-state index is -5.12. The minimum absolute atomic E-state index is 0.0789. The third-order valence-electron chi connectivity index (χ3n) is 9.95. The Bertz CT molecular complexity index is 1150. The number of hydrogen-bond acceptors (Lipinski definition) is 12. The first-order valence-electron chi connectivity index (χ1n) is 21.8. The van der Waals surface area contributed by atoms with Crippen LogP contribution in [-0.2, 0) is 32.7 Å². The molecule has 1 saturated carbocycles. The van der Waals surface area contributed by atoms with Gasteiger partial charge in [0.05, 0.1) is 6.61 Å². The maximum absolute atomic E-state index is 12.8. The predicted octanol–water partition coefficient (Wildman–Crippen LogP) is 7.83. The van der Waals surface area contributed by atoms with Crippen molar-refractivity contribution >= 4 is 19.8 Å². The summed E-state index contributed by atoms with van der Waals surface area (Å²) in [4.78, 5) is 35.6. The Hall–Kier alpha value is -1.93. The molecule has 1 aliphatic rings. The molecule has 1 fully saturated rings. The zero-order valence-electron chi connectivity index (χ0n) is 34.9. The van der Waals surface area contributed by atoms with Crippen LogP contribution in [0.1, 0.15) is 168 Å². The van der Waals surface area contributed by atoms with E-state index < -0.39 is 75.7 Å². The van der Waals surface area contributed by atoms with Gasteiger partial charge in [0.2, 0.25) is 0 Å². The van der Waals surface area contributed by atoms with Gasteiger partial charge < -0.3 is 39.9 Å². The number of carbonyl (C=O) groups excluding carboxylic acids is 2. The molecule has 0 radical (unpaired) electrons. The Morgan fingerprint density at radius 1 is 0.544 bits per heavy atom. The highest BCUT2D eigenvalue weighted by Crippen LogP contribution is 2.47. The predicted molar refractivity (Wildman–Crippen MR) is 221 cm³/mol. The summed E-state index contributed by atoms with van der Waals surface area (Å²) >= 11 is 0. The average Bonchev–Trinajstić information content (AvgIpc) is 3.19. The molecule has 13 nitrogen and oxygen atoms in total. The van der Waals surface area contributed by atoms with E-state index in [4.69, 9.17) is 18.5 Å². The molecule has 0 amide bonds. The van der Waals surface area contributed by atoms with E-state index >= 15 is 0 Å². The summed E-state index contributed by atoms with van der Waals surface area (Å²) in [5, 5.41) is 50.0. The van der Waals surface area contributed by atoms with Crippen LogP contribution in [-0.4, -0.2) is 98.3 Å². The number of esters is 2. The molecule has 1 rings (SSSR count). The molecule has 0 aliphatic heterocycles. The molecule has 1 aliphatic carbocycles. The Morgan fingerprint density at radius 2 is 0.947 bits per heavy atom. The van der Waals surface area contributed by atoms with Gasteiger partial charge in [-0.3, -0.25) is 18.6 Å². The quantitative estimate of drug-likeness (QED) is 0.0156. The summed E-state index contributed by atoms with van der Waals surface area (Å²) in [6, 6.07) is 0. The monoisotopic (exact) mass is 833 g/mol. The average molecular weight is 833 g/mol. The fourth-order valence-corrected chi connectivity index (χ4v) is 7.34. The Balaban J connectivity index is 2.51. The fraction of sp³-hybridized carbons (Fsp3) is 0.814. The smallest absolute Gasteiger partial charge is 0.462 e. The second kappa shape index (κ2) is 33.9. The van der Waals surface area contributed by atoms with Crippen molar-refractivity contribution in [1.82, 2.24) is 0 Å². The number of phosphoric acid groups is 1. The molecule has 0 aromatic rings. The van der Waals surface area contributed by atoms with Gasteiger partial charge in [-0.25, -0.2) is 4.57 Å². The Kier molecular flexibility index (Phi) is 31.5. The van der Waals surface area contributed by atoms with Gasteiger partial charge in [0.15, 0.2) is 6.10 Å². The highest BCUT2D eigenvalue weighted by Gasteiger charge is 2.51. The molecule has 0 aromatic heterocycles. The van der Waals surface area contributed by atoms with E-state index in [1.54, 1.807) is 0 Å². The van der Waals surface area contributed by atoms with Crippen molar-refractivity contribution in [2.45, 2.75) is 211 Å². The molecule has 332 valence electrons. The maximum atomic E-state index is 12.8. The molecular weight excluding hydrogens is 755 g/mol. The number of phosphoric ester groups is 1. The van der Waals surface area contributed by atoms with E-state index in [9.17, 15) is 44.6 Å². The topological polar surface area (TPSA) is 210 Å². The van der Waals surface area contributed by atoms with E-state index in [0.717, 1.165) is 83.5 Å². The third-order valence-corrected chi connectivity index (χ3v) is 10.9. The highest BCUT2D eigenvalue weighted by atomic mass is 31.2. The molecule has 0 bridgehead atoms. The van der Waals surface area contributed by atoms with Gasteiger partial charge in [-0.1, -0.05) is 121 Å². The zero-order valence-corrected chi connectivity index (χ0v) is 35.8. The standard InChI is InChI=1S/C43H77O13P/c1-3-5-7-9-11-13-15-17-18-20-22-24-26-28-30-32-37(45)55-35(34-54-57(51,52)56-43-41(49)39(47)38(46)40(48)42(43)50)33-53-36(44)31-29-27-25-23-21-19-16-14-12-10-8-6-4-2/h11,13-14,16-18,35,38-43,46-50H,3-10,12,15,19-34H2,1-2H3,(H,51,52)/b13-11+,16-14+,18-17+/t35-,38?,39-,40?,41?,42?,43?/m1/s1. The van der Waals surface area contributed by atoms with Crippen LogP contribution in [0.5, 0.6) is 0 Å². The largest absolute Gasteiger partial charge is 0.472 e. The summed E-state index contributed by atoms with van der Waals surface area (Å²) in [5.74, 6) is -1.13. The lowest BCUT2D eigenvalue weighted by Crippen LogP contribution is -2.64. The molecule has 0 aromatic carbocycles. The van der Waals surface area contributed by atoms with Crippen molar-refractivity contribution in [3.05, 3.63) is 36.5 Å². The lowest BCUT2D eigenvalue weighted by molar-refractivity contribution is -0.220. The van der Waals surface area contributed by atoms with Gasteiger partial charge in [-0.2, -0.15) is 0 Å². The van der Waals surface area contributed by atoms with Crippen LogP contribution >= 0.6 is 7.82 Å². The molecule has 8 atom stereocenters. The number of unbranched alkanes of at least 4 members (excludes halogenated alkanes) is 17. The molecular formula is C43H77O13P. The third kappa shape index (κ3) is 26.7. The van der Waals surface area contributed by atoms with Gasteiger partial charge in [-0.05, 0) is 70.6 Å². The van der Waals surface area contributed by atoms with Gasteiger partial charge in [0.1, 0.15) is 43.2 Å². The number of aliphatic hydroxyl groups excluding tert-OH is 5. The second-order valence-electron chi connectivity index (χ2n) is 15.2. The number of ether oxygens (including phenoxy) is 2. The van der Waals surface area contributed by atoms with Gasteiger partial charge in [0, 0.05) is 12.8 Å². The number of carbonyl (C=O) groups is 2. The molecule has 6 unspecified atom stereocenters. The van der Waals surface area contributed by atoms with Crippen molar-refractivity contribution < 1.29 is 63.1 Å². The molecule has 6 N–H and O–H groups in total. The molecule has 14 heteroatoms. The molecule has 0 saturated heterocycles. The van der Waals surface area contributed by atoms with E-state index in [-0.39, 0.29) is 12.8 Å². The second-order valence-corrected chi connectivity index (χ2v) is 16.6. The van der Waals surface area contributed by atoms with Crippen molar-refractivity contribution in [3.8, 4) is 0 Å². The number of aliphatic hydroxyl groups is 5. The lowest BCUT2D eigenvalue weighted by Gasteiger charge is -2.41. The first kappa shape index (κ1) is 53.1.